The Kier molecular flexibility index (Phi) is 11.9. The third-order valence-electron chi connectivity index (χ3n) is 2.84. The van der Waals surface area contributed by atoms with Crippen molar-refractivity contribution in [1.29, 1.82) is 0 Å². The molecule has 0 saturated carbocycles. The molecule has 0 aliphatic heterocycles. The lowest BCUT2D eigenvalue weighted by Crippen LogP contribution is -2.13. The second-order valence-corrected chi connectivity index (χ2v) is 4.57. The van der Waals surface area contributed by atoms with Crippen LogP contribution in [0.25, 0.3) is 0 Å². The van der Waals surface area contributed by atoms with Crippen molar-refractivity contribution in [1.82, 2.24) is 0 Å². The first kappa shape index (κ1) is 19.4. The van der Waals surface area contributed by atoms with Crippen molar-refractivity contribution in [2.45, 2.75) is 6.54 Å². The van der Waals surface area contributed by atoms with E-state index in [0.717, 1.165) is 11.3 Å². The Labute approximate surface area is 138 Å². The first-order chi connectivity index (χ1) is 11.4. The van der Waals surface area contributed by atoms with E-state index in [1.54, 1.807) is 0 Å². The fourth-order valence-corrected chi connectivity index (χ4v) is 1.71. The maximum atomic E-state index is 5.58. The van der Waals surface area contributed by atoms with Crippen molar-refractivity contribution in [2.24, 2.45) is 5.73 Å². The highest BCUT2D eigenvalue weighted by Gasteiger charge is 1.96. The van der Waals surface area contributed by atoms with Crippen LogP contribution in [0.4, 0.5) is 0 Å². The Balaban J connectivity index is 1.85. The summed E-state index contributed by atoms with van der Waals surface area (Å²) < 4.78 is 26.6. The summed E-state index contributed by atoms with van der Waals surface area (Å²) in [4.78, 5) is 0. The topological polar surface area (TPSA) is 72.2 Å². The van der Waals surface area contributed by atoms with Crippen LogP contribution in [0, 0.1) is 0 Å². The summed E-state index contributed by atoms with van der Waals surface area (Å²) in [7, 11) is 0. The number of benzene rings is 1. The third-order valence-corrected chi connectivity index (χ3v) is 2.84. The van der Waals surface area contributed by atoms with Crippen LogP contribution in [0.2, 0.25) is 0 Å². The van der Waals surface area contributed by atoms with Crippen LogP contribution >= 0.6 is 0 Å². The third kappa shape index (κ3) is 10.7. The van der Waals surface area contributed by atoms with Gasteiger partial charge in [0.15, 0.2) is 0 Å². The van der Waals surface area contributed by atoms with Crippen LogP contribution < -0.4 is 10.5 Å². The standard InChI is InChI=1S/C17H27NO5/c1-2-19-6-7-20-8-9-21-10-11-22-12-13-23-17-5-3-4-16(14-17)15-18/h2-5,14H,1,6-13,15,18H2. The summed E-state index contributed by atoms with van der Waals surface area (Å²) in [6.07, 6.45) is 1.40. The van der Waals surface area contributed by atoms with Gasteiger partial charge in [-0.15, -0.1) is 0 Å². The molecular weight excluding hydrogens is 298 g/mol. The van der Waals surface area contributed by atoms with E-state index in [0.29, 0.717) is 59.4 Å². The van der Waals surface area contributed by atoms with E-state index in [9.17, 15) is 0 Å². The predicted molar refractivity (Wildman–Crippen MR) is 88.4 cm³/mol. The molecule has 6 nitrogen and oxygen atoms in total. The molecule has 0 atom stereocenters. The first-order valence-corrected chi connectivity index (χ1v) is 7.74. The smallest absolute Gasteiger partial charge is 0.119 e. The van der Waals surface area contributed by atoms with Crippen molar-refractivity contribution in [2.75, 3.05) is 52.9 Å². The lowest BCUT2D eigenvalue weighted by Gasteiger charge is -2.09. The Hall–Kier alpha value is -1.60. The molecule has 2 N–H and O–H groups in total. The van der Waals surface area contributed by atoms with E-state index in [1.807, 2.05) is 24.3 Å². The van der Waals surface area contributed by atoms with Gasteiger partial charge in [0.25, 0.3) is 0 Å². The molecule has 6 heteroatoms. The van der Waals surface area contributed by atoms with E-state index in [4.69, 9.17) is 29.4 Å². The van der Waals surface area contributed by atoms with Gasteiger partial charge in [-0.2, -0.15) is 0 Å². The second kappa shape index (κ2) is 14.0. The van der Waals surface area contributed by atoms with E-state index < -0.39 is 0 Å². The quantitative estimate of drug-likeness (QED) is 0.391. The van der Waals surface area contributed by atoms with Crippen LogP contribution in [-0.2, 0) is 25.5 Å². The Morgan fingerprint density at radius 3 is 2.09 bits per heavy atom. The van der Waals surface area contributed by atoms with Crippen molar-refractivity contribution >= 4 is 0 Å². The van der Waals surface area contributed by atoms with Crippen LogP contribution in [0.3, 0.4) is 0 Å². The Morgan fingerprint density at radius 2 is 1.48 bits per heavy atom. The van der Waals surface area contributed by atoms with Gasteiger partial charge in [0.05, 0.1) is 45.9 Å². The van der Waals surface area contributed by atoms with Crippen LogP contribution in [-0.4, -0.2) is 52.9 Å². The van der Waals surface area contributed by atoms with Crippen LogP contribution in [0.1, 0.15) is 5.56 Å². The average Bonchev–Trinajstić information content (AvgIpc) is 2.59. The Bertz CT molecular complexity index is 414. The van der Waals surface area contributed by atoms with E-state index >= 15 is 0 Å². The van der Waals surface area contributed by atoms with Crippen molar-refractivity contribution in [3.63, 3.8) is 0 Å². The summed E-state index contributed by atoms with van der Waals surface area (Å²) in [6.45, 7) is 8.18. The van der Waals surface area contributed by atoms with Gasteiger partial charge in [-0.1, -0.05) is 18.7 Å². The Morgan fingerprint density at radius 1 is 0.870 bits per heavy atom. The first-order valence-electron chi connectivity index (χ1n) is 7.74. The predicted octanol–water partition coefficient (Wildman–Crippen LogP) is 1.73. The molecule has 0 spiro atoms. The van der Waals surface area contributed by atoms with Gasteiger partial charge < -0.3 is 29.4 Å². The fraction of sp³-hybridized carbons (Fsp3) is 0.529. The lowest BCUT2D eigenvalue weighted by molar-refractivity contribution is 0.00265. The molecule has 0 aliphatic carbocycles. The second-order valence-electron chi connectivity index (χ2n) is 4.57. The highest BCUT2D eigenvalue weighted by Crippen LogP contribution is 2.12. The van der Waals surface area contributed by atoms with Gasteiger partial charge in [0.1, 0.15) is 19.0 Å². The maximum Gasteiger partial charge on any atom is 0.119 e. The summed E-state index contributed by atoms with van der Waals surface area (Å²) in [5.74, 6) is 0.811. The van der Waals surface area contributed by atoms with Gasteiger partial charge in [-0.25, -0.2) is 0 Å². The van der Waals surface area contributed by atoms with Crippen LogP contribution in [0.15, 0.2) is 37.1 Å². The zero-order chi connectivity index (χ0) is 16.6. The average molecular weight is 325 g/mol. The zero-order valence-corrected chi connectivity index (χ0v) is 13.6. The summed E-state index contributed by atoms with van der Waals surface area (Å²) in [5, 5.41) is 0. The highest BCUT2D eigenvalue weighted by atomic mass is 16.6. The largest absolute Gasteiger partial charge is 0.499 e. The van der Waals surface area contributed by atoms with Crippen molar-refractivity contribution in [3.05, 3.63) is 42.7 Å². The molecular formula is C17H27NO5. The molecule has 1 aromatic carbocycles. The van der Waals surface area contributed by atoms with Gasteiger partial charge in [0.2, 0.25) is 0 Å². The summed E-state index contributed by atoms with van der Waals surface area (Å²) in [6, 6.07) is 7.74. The molecule has 0 unspecified atom stereocenters. The molecule has 0 fully saturated rings. The summed E-state index contributed by atoms with van der Waals surface area (Å²) >= 11 is 0. The molecule has 0 saturated heterocycles. The molecule has 0 radical (unpaired) electrons. The highest BCUT2D eigenvalue weighted by molar-refractivity contribution is 5.28. The number of hydrogen-bond acceptors (Lipinski definition) is 6. The number of nitrogens with two attached hydrogens (primary N) is 1. The van der Waals surface area contributed by atoms with Crippen molar-refractivity contribution < 1.29 is 23.7 Å². The van der Waals surface area contributed by atoms with Gasteiger partial charge in [-0.05, 0) is 17.7 Å². The SMILES string of the molecule is C=COCCOCCOCCOCCOc1cccc(CN)c1. The maximum absolute atomic E-state index is 5.58. The summed E-state index contributed by atoms with van der Waals surface area (Å²) in [5.41, 5.74) is 6.63. The monoisotopic (exact) mass is 325 g/mol. The fourth-order valence-electron chi connectivity index (χ4n) is 1.71. The molecule has 0 aromatic heterocycles. The number of hydrogen-bond donors (Lipinski definition) is 1. The van der Waals surface area contributed by atoms with Gasteiger partial charge in [0, 0.05) is 6.54 Å². The molecule has 1 aromatic rings. The van der Waals surface area contributed by atoms with E-state index in [-0.39, 0.29) is 0 Å². The normalized spacial score (nSPS) is 10.5. The van der Waals surface area contributed by atoms with E-state index in [2.05, 4.69) is 6.58 Å². The minimum atomic E-state index is 0.500. The zero-order valence-electron chi connectivity index (χ0n) is 13.6. The van der Waals surface area contributed by atoms with Gasteiger partial charge in [-0.3, -0.25) is 0 Å². The number of rotatable bonds is 15. The van der Waals surface area contributed by atoms with E-state index in [1.165, 1.54) is 6.26 Å². The molecule has 0 bridgehead atoms. The molecule has 0 heterocycles. The van der Waals surface area contributed by atoms with Gasteiger partial charge >= 0.3 is 0 Å². The molecule has 130 valence electrons. The molecule has 0 aliphatic rings. The lowest BCUT2D eigenvalue weighted by atomic mass is 10.2. The van der Waals surface area contributed by atoms with Crippen molar-refractivity contribution in [3.8, 4) is 5.75 Å². The molecule has 1 rings (SSSR count). The number of ether oxygens (including phenoxy) is 5. The minimum absolute atomic E-state index is 0.500. The molecule has 23 heavy (non-hydrogen) atoms. The minimum Gasteiger partial charge on any atom is -0.499 e. The molecule has 0 amide bonds. The van der Waals surface area contributed by atoms with Crippen LogP contribution in [0.5, 0.6) is 5.75 Å².